The van der Waals surface area contributed by atoms with Crippen LogP contribution >= 0.6 is 0 Å². The van der Waals surface area contributed by atoms with Crippen LogP contribution in [0.4, 0.5) is 0 Å². The second-order valence-corrected chi connectivity index (χ2v) is 6.64. The van der Waals surface area contributed by atoms with Gasteiger partial charge in [0, 0.05) is 50.5 Å². The predicted molar refractivity (Wildman–Crippen MR) is 95.9 cm³/mol. The summed E-state index contributed by atoms with van der Waals surface area (Å²) in [6.07, 6.45) is 6.31. The maximum atomic E-state index is 12.6. The van der Waals surface area contributed by atoms with Gasteiger partial charge in [0.2, 0.25) is 0 Å². The van der Waals surface area contributed by atoms with E-state index in [-0.39, 0.29) is 5.92 Å². The Morgan fingerprint density at radius 2 is 1.96 bits per heavy atom. The summed E-state index contributed by atoms with van der Waals surface area (Å²) in [4.78, 5) is 23.6. The highest BCUT2D eigenvalue weighted by molar-refractivity contribution is 5.83. The molecular weight excluding hydrogens is 314 g/mol. The standard InChI is InChI=1S/C20H25N3O2/c1-25-15-20-21-11-17(12-22-20)13-23-9-5-8-18(14-23)19(24)10-16-6-3-2-4-7-16/h2-4,6-7,11-12,18H,5,8-10,13-15H2,1H3. The quantitative estimate of drug-likeness (QED) is 0.776. The van der Waals surface area contributed by atoms with Crippen LogP contribution in [-0.2, 0) is 29.1 Å². The molecule has 1 unspecified atom stereocenters. The third-order valence-corrected chi connectivity index (χ3v) is 4.62. The topological polar surface area (TPSA) is 55.3 Å². The third kappa shape index (κ3) is 5.18. The Balaban J connectivity index is 1.54. The fraction of sp³-hybridized carbons (Fsp3) is 0.450. The molecule has 132 valence electrons. The summed E-state index contributed by atoms with van der Waals surface area (Å²) in [6, 6.07) is 10.0. The molecule has 3 rings (SSSR count). The fourth-order valence-electron chi connectivity index (χ4n) is 3.33. The van der Waals surface area contributed by atoms with Crippen molar-refractivity contribution in [2.24, 2.45) is 5.92 Å². The third-order valence-electron chi connectivity index (χ3n) is 4.62. The summed E-state index contributed by atoms with van der Waals surface area (Å²) in [5, 5.41) is 0. The number of aromatic nitrogens is 2. The number of hydrogen-bond donors (Lipinski definition) is 0. The van der Waals surface area contributed by atoms with Crippen LogP contribution in [0.5, 0.6) is 0 Å². The Morgan fingerprint density at radius 3 is 2.68 bits per heavy atom. The Hall–Kier alpha value is -2.11. The second kappa shape index (κ2) is 8.83. The van der Waals surface area contributed by atoms with Crippen LogP contribution in [0.25, 0.3) is 0 Å². The first-order chi connectivity index (χ1) is 12.2. The molecular formula is C20H25N3O2. The van der Waals surface area contributed by atoms with Gasteiger partial charge in [-0.05, 0) is 24.9 Å². The average molecular weight is 339 g/mol. The minimum Gasteiger partial charge on any atom is -0.377 e. The van der Waals surface area contributed by atoms with Crippen molar-refractivity contribution in [2.45, 2.75) is 32.4 Å². The maximum absolute atomic E-state index is 12.6. The van der Waals surface area contributed by atoms with E-state index in [9.17, 15) is 4.79 Å². The van der Waals surface area contributed by atoms with Crippen LogP contribution in [0.3, 0.4) is 0 Å². The molecule has 1 aliphatic rings. The normalized spacial score (nSPS) is 18.2. The van der Waals surface area contributed by atoms with Gasteiger partial charge in [0.15, 0.2) is 5.82 Å². The lowest BCUT2D eigenvalue weighted by Gasteiger charge is -2.31. The van der Waals surface area contributed by atoms with E-state index in [1.807, 2.05) is 42.7 Å². The Labute approximate surface area is 149 Å². The van der Waals surface area contributed by atoms with Gasteiger partial charge in [0.25, 0.3) is 0 Å². The number of hydrogen-bond acceptors (Lipinski definition) is 5. The first-order valence-corrected chi connectivity index (χ1v) is 8.82. The first kappa shape index (κ1) is 17.7. The maximum Gasteiger partial charge on any atom is 0.153 e. The SMILES string of the molecule is COCc1ncc(CN2CCCC(C(=O)Cc3ccccc3)C2)cn1. The van der Waals surface area contributed by atoms with Crippen molar-refractivity contribution >= 4 is 5.78 Å². The Bertz CT molecular complexity index is 673. The summed E-state index contributed by atoms with van der Waals surface area (Å²) in [6.45, 7) is 3.07. The molecule has 1 aliphatic heterocycles. The number of Topliss-reactive ketones (excluding diaryl/α,β-unsaturated/α-hetero) is 1. The first-order valence-electron chi connectivity index (χ1n) is 8.82. The van der Waals surface area contributed by atoms with Crippen LogP contribution < -0.4 is 0 Å². The molecule has 5 heteroatoms. The lowest BCUT2D eigenvalue weighted by atomic mass is 9.90. The zero-order valence-electron chi connectivity index (χ0n) is 14.7. The minimum absolute atomic E-state index is 0.127. The summed E-state index contributed by atoms with van der Waals surface area (Å²) < 4.78 is 5.03. The zero-order chi connectivity index (χ0) is 17.5. The summed E-state index contributed by atoms with van der Waals surface area (Å²) in [5.74, 6) is 1.17. The van der Waals surface area contributed by atoms with Crippen molar-refractivity contribution < 1.29 is 9.53 Å². The predicted octanol–water partition coefficient (Wildman–Crippen LogP) is 2.65. The number of carbonyl (C=O) groups excluding carboxylic acids is 1. The molecule has 5 nitrogen and oxygen atoms in total. The van der Waals surface area contributed by atoms with Crippen molar-refractivity contribution in [3.05, 3.63) is 59.7 Å². The van der Waals surface area contributed by atoms with Crippen LogP contribution in [0.2, 0.25) is 0 Å². The number of likely N-dealkylation sites (tertiary alicyclic amines) is 1. The highest BCUT2D eigenvalue weighted by atomic mass is 16.5. The number of methoxy groups -OCH3 is 1. The summed E-state index contributed by atoms with van der Waals surface area (Å²) >= 11 is 0. The van der Waals surface area contributed by atoms with Crippen LogP contribution in [-0.4, -0.2) is 40.9 Å². The number of rotatable bonds is 7. The molecule has 1 aromatic carbocycles. The van der Waals surface area contributed by atoms with Crippen molar-refractivity contribution in [3.8, 4) is 0 Å². The number of carbonyl (C=O) groups is 1. The van der Waals surface area contributed by atoms with E-state index < -0.39 is 0 Å². The summed E-state index contributed by atoms with van der Waals surface area (Å²) in [5.41, 5.74) is 2.18. The second-order valence-electron chi connectivity index (χ2n) is 6.64. The largest absolute Gasteiger partial charge is 0.377 e. The van der Waals surface area contributed by atoms with Crippen molar-refractivity contribution in [3.63, 3.8) is 0 Å². The van der Waals surface area contributed by atoms with E-state index >= 15 is 0 Å². The van der Waals surface area contributed by atoms with Gasteiger partial charge in [-0.2, -0.15) is 0 Å². The smallest absolute Gasteiger partial charge is 0.153 e. The Morgan fingerprint density at radius 1 is 1.20 bits per heavy atom. The van der Waals surface area contributed by atoms with E-state index in [1.54, 1.807) is 7.11 Å². The molecule has 0 bridgehead atoms. The van der Waals surface area contributed by atoms with E-state index in [4.69, 9.17) is 4.74 Å². The number of nitrogens with zero attached hydrogens (tertiary/aromatic N) is 3. The van der Waals surface area contributed by atoms with E-state index in [2.05, 4.69) is 14.9 Å². The molecule has 0 amide bonds. The van der Waals surface area contributed by atoms with Crippen molar-refractivity contribution in [1.29, 1.82) is 0 Å². The fourth-order valence-corrected chi connectivity index (χ4v) is 3.33. The van der Waals surface area contributed by atoms with Gasteiger partial charge in [-0.15, -0.1) is 0 Å². The van der Waals surface area contributed by atoms with E-state index in [0.29, 0.717) is 24.6 Å². The van der Waals surface area contributed by atoms with Crippen LogP contribution in [0, 0.1) is 5.92 Å². The molecule has 0 saturated carbocycles. The average Bonchev–Trinajstić information content (AvgIpc) is 2.65. The van der Waals surface area contributed by atoms with Crippen LogP contribution in [0.15, 0.2) is 42.7 Å². The monoisotopic (exact) mass is 339 g/mol. The molecule has 1 aromatic heterocycles. The van der Waals surface area contributed by atoms with Gasteiger partial charge in [0.05, 0.1) is 0 Å². The molecule has 1 fully saturated rings. The number of ketones is 1. The lowest BCUT2D eigenvalue weighted by molar-refractivity contribution is -0.123. The van der Waals surface area contributed by atoms with Crippen LogP contribution in [0.1, 0.15) is 29.8 Å². The number of benzene rings is 1. The van der Waals surface area contributed by atoms with E-state index in [1.165, 1.54) is 0 Å². The number of ether oxygens (including phenoxy) is 1. The van der Waals surface area contributed by atoms with Gasteiger partial charge in [0.1, 0.15) is 12.4 Å². The lowest BCUT2D eigenvalue weighted by Crippen LogP contribution is -2.38. The molecule has 2 aromatic rings. The molecule has 0 spiro atoms. The Kier molecular flexibility index (Phi) is 6.25. The molecule has 0 aliphatic carbocycles. The van der Waals surface area contributed by atoms with Crippen molar-refractivity contribution in [2.75, 3.05) is 20.2 Å². The molecule has 1 atom stereocenters. The number of piperidine rings is 1. The minimum atomic E-state index is 0.127. The van der Waals surface area contributed by atoms with Gasteiger partial charge in [-0.3, -0.25) is 9.69 Å². The van der Waals surface area contributed by atoms with Gasteiger partial charge >= 0.3 is 0 Å². The highest BCUT2D eigenvalue weighted by Gasteiger charge is 2.25. The van der Waals surface area contributed by atoms with Gasteiger partial charge in [-0.1, -0.05) is 30.3 Å². The van der Waals surface area contributed by atoms with E-state index in [0.717, 1.165) is 43.6 Å². The molecule has 0 N–H and O–H groups in total. The van der Waals surface area contributed by atoms with Gasteiger partial charge in [-0.25, -0.2) is 9.97 Å². The summed E-state index contributed by atoms with van der Waals surface area (Å²) in [7, 11) is 1.64. The molecule has 25 heavy (non-hydrogen) atoms. The molecule has 1 saturated heterocycles. The molecule has 2 heterocycles. The molecule has 0 radical (unpaired) electrons. The zero-order valence-corrected chi connectivity index (χ0v) is 14.7. The van der Waals surface area contributed by atoms with Crippen molar-refractivity contribution in [1.82, 2.24) is 14.9 Å². The highest BCUT2D eigenvalue weighted by Crippen LogP contribution is 2.20. The van der Waals surface area contributed by atoms with Gasteiger partial charge < -0.3 is 4.74 Å².